The van der Waals surface area contributed by atoms with Crippen molar-refractivity contribution >= 4 is 10.0 Å². The summed E-state index contributed by atoms with van der Waals surface area (Å²) in [4.78, 5) is 0. The molecule has 6 heteroatoms. The van der Waals surface area contributed by atoms with Crippen molar-refractivity contribution in [1.29, 1.82) is 0 Å². The molecule has 0 aliphatic carbocycles. The van der Waals surface area contributed by atoms with Crippen LogP contribution in [0, 0.1) is 0 Å². The van der Waals surface area contributed by atoms with E-state index in [4.69, 9.17) is 9.84 Å². The number of sulfonamides is 1. The van der Waals surface area contributed by atoms with Gasteiger partial charge in [0, 0.05) is 6.54 Å². The largest absolute Gasteiger partial charge is 0.392 e. The van der Waals surface area contributed by atoms with E-state index < -0.39 is 10.0 Å². The molecule has 0 atom stereocenters. The highest BCUT2D eigenvalue weighted by Crippen LogP contribution is 2.08. The third kappa shape index (κ3) is 6.68. The molecule has 1 aromatic rings. The van der Waals surface area contributed by atoms with E-state index in [0.717, 1.165) is 0 Å². The van der Waals surface area contributed by atoms with E-state index in [2.05, 4.69) is 4.72 Å². The van der Waals surface area contributed by atoms with Crippen LogP contribution in [-0.2, 0) is 27.1 Å². The lowest BCUT2D eigenvalue weighted by Crippen LogP contribution is -2.29. The molecule has 0 saturated carbocycles. The van der Waals surface area contributed by atoms with Crippen LogP contribution in [0.2, 0.25) is 0 Å². The minimum absolute atomic E-state index is 0.0886. The Balaban J connectivity index is 2.49. The van der Waals surface area contributed by atoms with Crippen molar-refractivity contribution in [3.05, 3.63) is 35.4 Å². The summed E-state index contributed by atoms with van der Waals surface area (Å²) in [5.74, 6) is -0.0947. The zero-order valence-electron chi connectivity index (χ0n) is 11.3. The molecule has 0 bridgehead atoms. The first-order chi connectivity index (χ1) is 8.93. The zero-order valence-corrected chi connectivity index (χ0v) is 12.1. The van der Waals surface area contributed by atoms with Gasteiger partial charge in [0.05, 0.1) is 25.1 Å². The second-order valence-electron chi connectivity index (χ2n) is 4.55. The highest BCUT2D eigenvalue weighted by molar-refractivity contribution is 7.88. The molecule has 0 aliphatic rings. The third-order valence-electron chi connectivity index (χ3n) is 2.41. The second-order valence-corrected chi connectivity index (χ2v) is 6.36. The highest BCUT2D eigenvalue weighted by Gasteiger charge is 2.11. The SMILES string of the molecule is CC(C)OCCNS(=O)(=O)Cc1cccc(CO)c1. The zero-order chi connectivity index (χ0) is 14.3. The quantitative estimate of drug-likeness (QED) is 0.700. The van der Waals surface area contributed by atoms with Crippen LogP contribution in [0.3, 0.4) is 0 Å². The minimum atomic E-state index is -3.37. The van der Waals surface area contributed by atoms with Crippen LogP contribution >= 0.6 is 0 Å². The van der Waals surface area contributed by atoms with Crippen molar-refractivity contribution < 1.29 is 18.3 Å². The number of rotatable bonds is 8. The van der Waals surface area contributed by atoms with Crippen molar-refractivity contribution in [1.82, 2.24) is 4.72 Å². The van der Waals surface area contributed by atoms with Gasteiger partial charge in [-0.05, 0) is 25.0 Å². The molecule has 2 N–H and O–H groups in total. The normalized spacial score (nSPS) is 12.0. The number of ether oxygens (including phenoxy) is 1. The molecule has 0 amide bonds. The molecule has 19 heavy (non-hydrogen) atoms. The molecule has 0 aliphatic heterocycles. The predicted octanol–water partition coefficient (Wildman–Crippen LogP) is 1.02. The van der Waals surface area contributed by atoms with E-state index in [1.165, 1.54) is 0 Å². The summed E-state index contributed by atoms with van der Waals surface area (Å²) in [6.07, 6.45) is 0.0886. The first-order valence-electron chi connectivity index (χ1n) is 6.20. The van der Waals surface area contributed by atoms with Gasteiger partial charge in [-0.2, -0.15) is 0 Å². The van der Waals surface area contributed by atoms with Crippen LogP contribution in [0.5, 0.6) is 0 Å². The molecule has 0 heterocycles. The van der Waals surface area contributed by atoms with Gasteiger partial charge in [0.15, 0.2) is 0 Å². The Bertz CT molecular complexity index is 485. The lowest BCUT2D eigenvalue weighted by atomic mass is 10.1. The van der Waals surface area contributed by atoms with Crippen LogP contribution in [0.25, 0.3) is 0 Å². The van der Waals surface area contributed by atoms with Crippen molar-refractivity contribution in [2.75, 3.05) is 13.2 Å². The Labute approximate surface area is 114 Å². The summed E-state index contributed by atoms with van der Waals surface area (Å²) >= 11 is 0. The molecular formula is C13H21NO4S. The third-order valence-corrected chi connectivity index (χ3v) is 3.76. The van der Waals surface area contributed by atoms with Crippen LogP contribution in [0.15, 0.2) is 24.3 Å². The second kappa shape index (κ2) is 7.59. The summed E-state index contributed by atoms with van der Waals surface area (Å²) in [6.45, 7) is 4.32. The maximum atomic E-state index is 11.8. The van der Waals surface area contributed by atoms with Crippen LogP contribution < -0.4 is 4.72 Å². The van der Waals surface area contributed by atoms with Gasteiger partial charge in [-0.1, -0.05) is 24.3 Å². The van der Waals surface area contributed by atoms with Crippen molar-refractivity contribution in [3.8, 4) is 0 Å². The lowest BCUT2D eigenvalue weighted by Gasteiger charge is -2.09. The van der Waals surface area contributed by atoms with Crippen molar-refractivity contribution in [3.63, 3.8) is 0 Å². The highest BCUT2D eigenvalue weighted by atomic mass is 32.2. The Morgan fingerprint density at radius 1 is 1.32 bits per heavy atom. The number of hydrogen-bond donors (Lipinski definition) is 2. The average Bonchev–Trinajstić information content (AvgIpc) is 2.34. The average molecular weight is 287 g/mol. The van der Waals surface area contributed by atoms with Crippen LogP contribution in [0.4, 0.5) is 0 Å². The van der Waals surface area contributed by atoms with E-state index in [1.54, 1.807) is 24.3 Å². The molecule has 0 fully saturated rings. The van der Waals surface area contributed by atoms with E-state index in [0.29, 0.717) is 17.7 Å². The molecular weight excluding hydrogens is 266 g/mol. The van der Waals surface area contributed by atoms with Gasteiger partial charge in [0.2, 0.25) is 10.0 Å². The number of nitrogens with one attached hydrogen (secondary N) is 1. The van der Waals surface area contributed by atoms with Gasteiger partial charge in [-0.15, -0.1) is 0 Å². The summed E-state index contributed by atoms with van der Waals surface area (Å²) in [5, 5.41) is 9.00. The van der Waals surface area contributed by atoms with Crippen molar-refractivity contribution in [2.24, 2.45) is 0 Å². The molecule has 108 valence electrons. The number of benzene rings is 1. The number of aliphatic hydroxyl groups is 1. The van der Waals surface area contributed by atoms with Gasteiger partial charge in [0.25, 0.3) is 0 Å². The summed E-state index contributed by atoms with van der Waals surface area (Å²) in [7, 11) is -3.37. The summed E-state index contributed by atoms with van der Waals surface area (Å²) in [5.41, 5.74) is 1.36. The van der Waals surface area contributed by atoms with Gasteiger partial charge >= 0.3 is 0 Å². The molecule has 0 radical (unpaired) electrons. The van der Waals surface area contributed by atoms with Crippen LogP contribution in [0.1, 0.15) is 25.0 Å². The Morgan fingerprint density at radius 3 is 2.63 bits per heavy atom. The van der Waals surface area contributed by atoms with E-state index >= 15 is 0 Å². The smallest absolute Gasteiger partial charge is 0.215 e. The van der Waals surface area contributed by atoms with Crippen molar-refractivity contribution in [2.45, 2.75) is 32.3 Å². The van der Waals surface area contributed by atoms with Gasteiger partial charge in [-0.25, -0.2) is 13.1 Å². The van der Waals surface area contributed by atoms with Gasteiger partial charge < -0.3 is 9.84 Å². The minimum Gasteiger partial charge on any atom is -0.392 e. The van der Waals surface area contributed by atoms with Gasteiger partial charge in [0.1, 0.15) is 0 Å². The van der Waals surface area contributed by atoms with Gasteiger partial charge in [-0.3, -0.25) is 0 Å². The fourth-order valence-corrected chi connectivity index (χ4v) is 2.69. The fourth-order valence-electron chi connectivity index (χ4n) is 1.58. The Morgan fingerprint density at radius 2 is 2.00 bits per heavy atom. The maximum Gasteiger partial charge on any atom is 0.215 e. The first-order valence-corrected chi connectivity index (χ1v) is 7.86. The molecule has 0 unspecified atom stereocenters. The monoisotopic (exact) mass is 287 g/mol. The molecule has 0 aromatic heterocycles. The molecule has 0 spiro atoms. The standard InChI is InChI=1S/C13H21NO4S/c1-11(2)18-7-6-14-19(16,17)10-13-5-3-4-12(8-13)9-15/h3-5,8,11,14-15H,6-7,9-10H2,1-2H3. The number of hydrogen-bond acceptors (Lipinski definition) is 4. The first kappa shape index (κ1) is 16.1. The topological polar surface area (TPSA) is 75.6 Å². The predicted molar refractivity (Wildman–Crippen MR) is 74.1 cm³/mol. The van der Waals surface area contributed by atoms with E-state index in [1.807, 2.05) is 13.8 Å². The van der Waals surface area contributed by atoms with E-state index in [-0.39, 0.29) is 25.0 Å². The number of aliphatic hydroxyl groups excluding tert-OH is 1. The molecule has 1 aromatic carbocycles. The molecule has 5 nitrogen and oxygen atoms in total. The summed E-state index contributed by atoms with van der Waals surface area (Å²) in [6, 6.07) is 6.89. The Kier molecular flexibility index (Phi) is 6.44. The maximum absolute atomic E-state index is 11.8. The van der Waals surface area contributed by atoms with E-state index in [9.17, 15) is 8.42 Å². The van der Waals surface area contributed by atoms with Crippen LogP contribution in [-0.4, -0.2) is 32.8 Å². The molecule has 0 saturated heterocycles. The fraction of sp³-hybridized carbons (Fsp3) is 0.538. The Hall–Kier alpha value is -0.950. The lowest BCUT2D eigenvalue weighted by molar-refractivity contribution is 0.0834. The molecule has 1 rings (SSSR count). The summed E-state index contributed by atoms with van der Waals surface area (Å²) < 4.78 is 31.4.